The molecule has 2 atom stereocenters. The maximum Gasteiger partial charge on any atom is 0.162 e. The smallest absolute Gasteiger partial charge is 0.162 e. The van der Waals surface area contributed by atoms with Crippen molar-refractivity contribution < 1.29 is 18.3 Å². The van der Waals surface area contributed by atoms with Gasteiger partial charge >= 0.3 is 0 Å². The number of methoxy groups -OCH3 is 1. The van der Waals surface area contributed by atoms with Gasteiger partial charge in [-0.25, -0.2) is 8.78 Å². The molecule has 18 heavy (non-hydrogen) atoms. The van der Waals surface area contributed by atoms with E-state index in [4.69, 9.17) is 4.74 Å². The first kappa shape index (κ1) is 13.1. The molecule has 3 nitrogen and oxygen atoms in total. The summed E-state index contributed by atoms with van der Waals surface area (Å²) in [6.45, 7) is 0.610. The second kappa shape index (κ2) is 5.54. The molecule has 0 saturated carbocycles. The van der Waals surface area contributed by atoms with E-state index in [0.29, 0.717) is 13.0 Å². The van der Waals surface area contributed by atoms with E-state index in [0.717, 1.165) is 6.07 Å². The molecule has 1 saturated heterocycles. The van der Waals surface area contributed by atoms with Crippen molar-refractivity contribution in [1.29, 1.82) is 0 Å². The molecule has 1 aliphatic heterocycles. The topological polar surface area (TPSA) is 38.3 Å². The molecule has 1 N–H and O–H groups in total. The normalized spacial score (nSPS) is 23.3. The van der Waals surface area contributed by atoms with Crippen molar-refractivity contribution in [2.45, 2.75) is 25.0 Å². The van der Waals surface area contributed by atoms with Gasteiger partial charge in [-0.15, -0.1) is 0 Å². The Morgan fingerprint density at radius 1 is 1.50 bits per heavy atom. The molecule has 98 valence electrons. The molecular weight excluding hydrogens is 240 g/mol. The number of ketones is 1. The molecule has 0 spiro atoms. The average molecular weight is 255 g/mol. The summed E-state index contributed by atoms with van der Waals surface area (Å²) in [5.74, 6) is -2.00. The fourth-order valence-corrected chi connectivity index (χ4v) is 2.12. The Morgan fingerprint density at radius 3 is 2.94 bits per heavy atom. The van der Waals surface area contributed by atoms with Gasteiger partial charge in [-0.1, -0.05) is 12.1 Å². The van der Waals surface area contributed by atoms with Crippen molar-refractivity contribution in [1.82, 2.24) is 5.32 Å². The summed E-state index contributed by atoms with van der Waals surface area (Å²) in [6, 6.07) is 3.54. The van der Waals surface area contributed by atoms with Crippen LogP contribution in [0.15, 0.2) is 18.2 Å². The van der Waals surface area contributed by atoms with Crippen molar-refractivity contribution >= 4 is 5.78 Å². The summed E-state index contributed by atoms with van der Waals surface area (Å²) >= 11 is 0. The van der Waals surface area contributed by atoms with Crippen molar-refractivity contribution in [2.24, 2.45) is 0 Å². The summed E-state index contributed by atoms with van der Waals surface area (Å²) in [4.78, 5) is 11.9. The third kappa shape index (κ3) is 2.73. The highest BCUT2D eigenvalue weighted by Gasteiger charge is 2.29. The van der Waals surface area contributed by atoms with Gasteiger partial charge in [0.2, 0.25) is 0 Å². The van der Waals surface area contributed by atoms with Gasteiger partial charge in [0.15, 0.2) is 17.4 Å². The Kier molecular flexibility index (Phi) is 4.04. The SMILES string of the molecule is COC1CNC(C(=O)Cc2cccc(F)c2F)C1. The molecule has 0 radical (unpaired) electrons. The molecule has 0 bridgehead atoms. The zero-order chi connectivity index (χ0) is 13.1. The number of Topliss-reactive ketones (excluding diaryl/α,β-unsaturated/α-hetero) is 1. The monoisotopic (exact) mass is 255 g/mol. The first-order valence-corrected chi connectivity index (χ1v) is 5.83. The first-order chi connectivity index (χ1) is 8.61. The predicted molar refractivity (Wildman–Crippen MR) is 62.3 cm³/mol. The minimum atomic E-state index is -0.938. The van der Waals surface area contributed by atoms with Crippen LogP contribution < -0.4 is 5.32 Å². The summed E-state index contributed by atoms with van der Waals surface area (Å²) < 4.78 is 31.6. The number of rotatable bonds is 4. The molecule has 0 aliphatic carbocycles. The lowest BCUT2D eigenvalue weighted by Crippen LogP contribution is -2.32. The maximum atomic E-state index is 13.4. The fourth-order valence-electron chi connectivity index (χ4n) is 2.12. The summed E-state index contributed by atoms with van der Waals surface area (Å²) in [7, 11) is 1.59. The predicted octanol–water partition coefficient (Wildman–Crippen LogP) is 1.45. The second-order valence-corrected chi connectivity index (χ2v) is 4.41. The molecule has 2 rings (SSSR count). The van der Waals surface area contributed by atoms with Crippen LogP contribution in [0.3, 0.4) is 0 Å². The quantitative estimate of drug-likeness (QED) is 0.885. The Bertz CT molecular complexity index is 451. The minimum absolute atomic E-state index is 0.0105. The number of halogens is 2. The van der Waals surface area contributed by atoms with Crippen LogP contribution in [-0.2, 0) is 16.0 Å². The van der Waals surface area contributed by atoms with Crippen LogP contribution in [0.4, 0.5) is 8.78 Å². The lowest BCUT2D eigenvalue weighted by atomic mass is 10.0. The highest BCUT2D eigenvalue weighted by atomic mass is 19.2. The second-order valence-electron chi connectivity index (χ2n) is 4.41. The molecule has 1 fully saturated rings. The lowest BCUT2D eigenvalue weighted by molar-refractivity contribution is -0.120. The van der Waals surface area contributed by atoms with Gasteiger partial charge in [0, 0.05) is 20.1 Å². The Hall–Kier alpha value is -1.33. The molecule has 0 aromatic heterocycles. The minimum Gasteiger partial charge on any atom is -0.380 e. The van der Waals surface area contributed by atoms with E-state index >= 15 is 0 Å². The highest BCUT2D eigenvalue weighted by molar-refractivity contribution is 5.86. The van der Waals surface area contributed by atoms with E-state index in [1.54, 1.807) is 7.11 Å². The van der Waals surface area contributed by atoms with Crippen molar-refractivity contribution in [3.63, 3.8) is 0 Å². The highest BCUT2D eigenvalue weighted by Crippen LogP contribution is 2.16. The van der Waals surface area contributed by atoms with E-state index in [2.05, 4.69) is 5.32 Å². The Morgan fingerprint density at radius 2 is 2.28 bits per heavy atom. The van der Waals surface area contributed by atoms with Crippen LogP contribution in [0, 0.1) is 11.6 Å². The number of carbonyl (C=O) groups is 1. The third-order valence-corrected chi connectivity index (χ3v) is 3.21. The van der Waals surface area contributed by atoms with E-state index < -0.39 is 11.6 Å². The zero-order valence-corrected chi connectivity index (χ0v) is 10.1. The van der Waals surface area contributed by atoms with Crippen LogP contribution in [-0.4, -0.2) is 31.6 Å². The molecule has 5 heteroatoms. The number of carbonyl (C=O) groups excluding carboxylic acids is 1. The van der Waals surface area contributed by atoms with E-state index in [-0.39, 0.29) is 29.9 Å². The van der Waals surface area contributed by atoms with Crippen LogP contribution >= 0.6 is 0 Å². The van der Waals surface area contributed by atoms with Gasteiger partial charge < -0.3 is 10.1 Å². The number of nitrogens with one attached hydrogen (secondary N) is 1. The summed E-state index contributed by atoms with van der Waals surface area (Å²) in [5, 5.41) is 3.02. The van der Waals surface area contributed by atoms with Crippen molar-refractivity contribution in [3.05, 3.63) is 35.4 Å². The maximum absolute atomic E-state index is 13.4. The average Bonchev–Trinajstić information content (AvgIpc) is 2.83. The molecule has 0 amide bonds. The van der Waals surface area contributed by atoms with Crippen LogP contribution in [0.2, 0.25) is 0 Å². The first-order valence-electron chi connectivity index (χ1n) is 5.83. The van der Waals surface area contributed by atoms with Gasteiger partial charge in [-0.3, -0.25) is 4.79 Å². The standard InChI is InChI=1S/C13H15F2NO2/c1-18-9-6-11(16-7-9)12(17)5-8-3-2-4-10(14)13(8)15/h2-4,9,11,16H,5-7H2,1H3. The van der Waals surface area contributed by atoms with E-state index in [9.17, 15) is 13.6 Å². The van der Waals surface area contributed by atoms with Crippen molar-refractivity contribution in [2.75, 3.05) is 13.7 Å². The number of benzene rings is 1. The van der Waals surface area contributed by atoms with E-state index in [1.807, 2.05) is 0 Å². The van der Waals surface area contributed by atoms with Crippen LogP contribution in [0.25, 0.3) is 0 Å². The Balaban J connectivity index is 2.01. The van der Waals surface area contributed by atoms with Gasteiger partial charge in [0.05, 0.1) is 12.1 Å². The number of hydrogen-bond acceptors (Lipinski definition) is 3. The van der Waals surface area contributed by atoms with Crippen molar-refractivity contribution in [3.8, 4) is 0 Å². The van der Waals surface area contributed by atoms with Gasteiger partial charge in [0.25, 0.3) is 0 Å². The summed E-state index contributed by atoms with van der Waals surface area (Å²) in [5.41, 5.74) is 0.0997. The molecule has 1 aliphatic rings. The van der Waals surface area contributed by atoms with Gasteiger partial charge in [-0.2, -0.15) is 0 Å². The van der Waals surface area contributed by atoms with Gasteiger partial charge in [0.1, 0.15) is 0 Å². The number of ether oxygens (including phenoxy) is 1. The lowest BCUT2D eigenvalue weighted by Gasteiger charge is -2.10. The molecule has 1 aromatic rings. The fraction of sp³-hybridized carbons (Fsp3) is 0.462. The van der Waals surface area contributed by atoms with E-state index in [1.165, 1.54) is 12.1 Å². The zero-order valence-electron chi connectivity index (χ0n) is 10.1. The van der Waals surface area contributed by atoms with Crippen LogP contribution in [0.5, 0.6) is 0 Å². The summed E-state index contributed by atoms with van der Waals surface area (Å²) in [6.07, 6.45) is 0.487. The molecule has 2 unspecified atom stereocenters. The van der Waals surface area contributed by atoms with Gasteiger partial charge in [-0.05, 0) is 18.1 Å². The largest absolute Gasteiger partial charge is 0.380 e. The Labute approximate surface area is 104 Å². The molecule has 1 heterocycles. The van der Waals surface area contributed by atoms with Crippen LogP contribution in [0.1, 0.15) is 12.0 Å². The molecule has 1 aromatic carbocycles. The number of hydrogen-bond donors (Lipinski definition) is 1. The third-order valence-electron chi connectivity index (χ3n) is 3.21. The molecular formula is C13H15F2NO2.